The molecule has 0 aliphatic carbocycles. The van der Waals surface area contributed by atoms with Gasteiger partial charge >= 0.3 is 0 Å². The number of carbonyl (C=O) groups is 1. The highest BCUT2D eigenvalue weighted by Crippen LogP contribution is 2.25. The first-order valence-electron chi connectivity index (χ1n) is 5.69. The number of imidazole rings is 1. The van der Waals surface area contributed by atoms with E-state index < -0.39 is 5.91 Å². The minimum atomic E-state index is -0.534. The summed E-state index contributed by atoms with van der Waals surface area (Å²) >= 11 is 5.95. The molecular formula is C14H10ClN3O. The van der Waals surface area contributed by atoms with Crippen LogP contribution in [0.25, 0.3) is 16.9 Å². The van der Waals surface area contributed by atoms with Crippen LogP contribution in [0.15, 0.2) is 48.7 Å². The molecule has 0 aliphatic rings. The van der Waals surface area contributed by atoms with Crippen LogP contribution in [0.5, 0.6) is 0 Å². The first-order valence-corrected chi connectivity index (χ1v) is 6.07. The lowest BCUT2D eigenvalue weighted by Gasteiger charge is -2.01. The highest BCUT2D eigenvalue weighted by atomic mass is 35.5. The topological polar surface area (TPSA) is 60.4 Å². The van der Waals surface area contributed by atoms with Gasteiger partial charge in [0.25, 0.3) is 5.91 Å². The van der Waals surface area contributed by atoms with Gasteiger partial charge in [-0.15, -0.1) is 0 Å². The highest BCUT2D eigenvalue weighted by Gasteiger charge is 2.18. The fourth-order valence-electron chi connectivity index (χ4n) is 2.05. The van der Waals surface area contributed by atoms with Crippen molar-refractivity contribution in [1.82, 2.24) is 9.38 Å². The summed E-state index contributed by atoms with van der Waals surface area (Å²) in [6, 6.07) is 12.9. The first kappa shape index (κ1) is 11.7. The molecule has 5 heteroatoms. The van der Waals surface area contributed by atoms with Gasteiger partial charge in [0, 0.05) is 11.8 Å². The molecule has 94 valence electrons. The van der Waals surface area contributed by atoms with E-state index in [9.17, 15) is 4.79 Å². The molecule has 1 amide bonds. The van der Waals surface area contributed by atoms with E-state index in [0.717, 1.165) is 5.56 Å². The van der Waals surface area contributed by atoms with Crippen molar-refractivity contribution in [2.45, 2.75) is 0 Å². The van der Waals surface area contributed by atoms with E-state index in [4.69, 9.17) is 17.3 Å². The maximum absolute atomic E-state index is 11.7. The molecule has 0 bridgehead atoms. The van der Waals surface area contributed by atoms with Crippen molar-refractivity contribution in [3.63, 3.8) is 0 Å². The summed E-state index contributed by atoms with van der Waals surface area (Å²) in [7, 11) is 0. The van der Waals surface area contributed by atoms with Crippen molar-refractivity contribution in [1.29, 1.82) is 0 Å². The zero-order valence-corrected chi connectivity index (χ0v) is 10.6. The van der Waals surface area contributed by atoms with E-state index in [2.05, 4.69) is 4.98 Å². The lowest BCUT2D eigenvalue weighted by molar-refractivity contribution is 0.0995. The summed E-state index contributed by atoms with van der Waals surface area (Å²) in [5, 5.41) is 0.520. The Kier molecular flexibility index (Phi) is 2.72. The Morgan fingerprint density at radius 3 is 2.58 bits per heavy atom. The predicted octanol–water partition coefficient (Wildman–Crippen LogP) is 2.75. The third-order valence-corrected chi connectivity index (χ3v) is 3.09. The van der Waals surface area contributed by atoms with E-state index in [1.165, 1.54) is 0 Å². The van der Waals surface area contributed by atoms with Gasteiger partial charge in [0.2, 0.25) is 0 Å². The molecule has 2 N–H and O–H groups in total. The Morgan fingerprint density at radius 1 is 1.16 bits per heavy atom. The van der Waals surface area contributed by atoms with E-state index in [-0.39, 0.29) is 0 Å². The Bertz CT molecular complexity index is 765. The molecule has 2 heterocycles. The van der Waals surface area contributed by atoms with Crippen molar-refractivity contribution in [2.24, 2.45) is 5.73 Å². The van der Waals surface area contributed by atoms with Gasteiger partial charge in [0.1, 0.15) is 17.0 Å². The molecule has 2 aromatic heterocycles. The third-order valence-electron chi connectivity index (χ3n) is 2.86. The number of hydrogen-bond donors (Lipinski definition) is 1. The number of amides is 1. The number of carbonyl (C=O) groups excluding carboxylic acids is 1. The summed E-state index contributed by atoms with van der Waals surface area (Å²) < 4.78 is 1.62. The van der Waals surface area contributed by atoms with Gasteiger partial charge in [-0.3, -0.25) is 9.20 Å². The Balaban J connectivity index is 2.36. The number of halogens is 1. The zero-order valence-electron chi connectivity index (χ0n) is 9.88. The molecule has 0 spiro atoms. The molecule has 1 aromatic carbocycles. The zero-order chi connectivity index (χ0) is 13.4. The van der Waals surface area contributed by atoms with Crippen molar-refractivity contribution in [3.8, 4) is 11.3 Å². The highest BCUT2D eigenvalue weighted by molar-refractivity contribution is 6.30. The summed E-state index contributed by atoms with van der Waals surface area (Å²) in [5.74, 6) is -0.534. The second-order valence-corrected chi connectivity index (χ2v) is 4.55. The molecule has 3 rings (SSSR count). The van der Waals surface area contributed by atoms with Gasteiger partial charge in [-0.05, 0) is 12.1 Å². The Hall–Kier alpha value is -2.33. The normalized spacial score (nSPS) is 10.8. The summed E-state index contributed by atoms with van der Waals surface area (Å²) in [4.78, 5) is 16.1. The molecule has 4 nitrogen and oxygen atoms in total. The average molecular weight is 272 g/mol. The number of primary amides is 1. The summed E-state index contributed by atoms with van der Waals surface area (Å²) in [6.07, 6.45) is 1.64. The molecule has 3 aromatic rings. The molecule has 19 heavy (non-hydrogen) atoms. The van der Waals surface area contributed by atoms with Gasteiger partial charge in [-0.2, -0.15) is 0 Å². The number of rotatable bonds is 2. The number of aromatic nitrogens is 2. The Labute approximate surface area is 114 Å². The van der Waals surface area contributed by atoms with Crippen LogP contribution in [0.4, 0.5) is 0 Å². The smallest absolute Gasteiger partial charge is 0.268 e. The molecule has 0 unspecified atom stereocenters. The maximum Gasteiger partial charge on any atom is 0.268 e. The van der Waals surface area contributed by atoms with Crippen molar-refractivity contribution < 1.29 is 4.79 Å². The predicted molar refractivity (Wildman–Crippen MR) is 74.2 cm³/mol. The van der Waals surface area contributed by atoms with Crippen LogP contribution in [0.2, 0.25) is 5.02 Å². The number of fused-ring (bicyclic) bond motifs is 1. The van der Waals surface area contributed by atoms with Crippen LogP contribution in [-0.2, 0) is 0 Å². The van der Waals surface area contributed by atoms with Gasteiger partial charge in [-0.1, -0.05) is 41.9 Å². The second-order valence-electron chi connectivity index (χ2n) is 4.11. The summed E-state index contributed by atoms with van der Waals surface area (Å²) in [6.45, 7) is 0. The van der Waals surface area contributed by atoms with Crippen LogP contribution >= 0.6 is 11.6 Å². The molecular weight excluding hydrogens is 262 g/mol. The van der Waals surface area contributed by atoms with E-state index >= 15 is 0 Å². The lowest BCUT2D eigenvalue weighted by Crippen LogP contribution is -2.14. The number of nitrogens with zero attached hydrogens (tertiary/aromatic N) is 2. The fraction of sp³-hybridized carbons (Fsp3) is 0. The van der Waals surface area contributed by atoms with E-state index in [0.29, 0.717) is 22.1 Å². The number of pyridine rings is 1. The lowest BCUT2D eigenvalue weighted by atomic mass is 10.1. The van der Waals surface area contributed by atoms with Crippen LogP contribution in [0.1, 0.15) is 10.5 Å². The van der Waals surface area contributed by atoms with Gasteiger partial charge in [0.05, 0.1) is 5.02 Å². The standard InChI is InChI=1S/C14H10ClN3O/c15-10-6-7-11-17-12(9-4-2-1-3-5-9)13(14(16)19)18(11)8-10/h1-8H,(H2,16,19). The minimum Gasteiger partial charge on any atom is -0.364 e. The van der Waals surface area contributed by atoms with Crippen LogP contribution in [0, 0.1) is 0 Å². The van der Waals surface area contributed by atoms with Gasteiger partial charge in [-0.25, -0.2) is 4.98 Å². The van der Waals surface area contributed by atoms with Crippen LogP contribution < -0.4 is 5.73 Å². The molecule has 0 saturated heterocycles. The fourth-order valence-corrected chi connectivity index (χ4v) is 2.21. The molecule has 0 saturated carbocycles. The summed E-state index contributed by atoms with van der Waals surface area (Å²) in [5.41, 5.74) is 7.85. The van der Waals surface area contributed by atoms with Crippen molar-refractivity contribution in [2.75, 3.05) is 0 Å². The SMILES string of the molecule is NC(=O)c1c(-c2ccccc2)nc2ccc(Cl)cn12. The van der Waals surface area contributed by atoms with Gasteiger partial charge in [0.15, 0.2) is 0 Å². The van der Waals surface area contributed by atoms with Crippen LogP contribution in [-0.4, -0.2) is 15.3 Å². The minimum absolute atomic E-state index is 0.337. The largest absolute Gasteiger partial charge is 0.364 e. The van der Waals surface area contributed by atoms with Crippen LogP contribution in [0.3, 0.4) is 0 Å². The van der Waals surface area contributed by atoms with Gasteiger partial charge < -0.3 is 5.73 Å². The van der Waals surface area contributed by atoms with E-state index in [1.807, 2.05) is 30.3 Å². The number of nitrogens with two attached hydrogens (primary N) is 1. The quantitative estimate of drug-likeness (QED) is 0.779. The number of benzene rings is 1. The van der Waals surface area contributed by atoms with Crippen molar-refractivity contribution in [3.05, 3.63) is 59.4 Å². The molecule has 0 aliphatic heterocycles. The maximum atomic E-state index is 11.7. The second kappa shape index (κ2) is 4.40. The molecule has 0 fully saturated rings. The molecule has 0 radical (unpaired) electrons. The number of hydrogen-bond acceptors (Lipinski definition) is 2. The Morgan fingerprint density at radius 2 is 1.89 bits per heavy atom. The van der Waals surface area contributed by atoms with E-state index in [1.54, 1.807) is 22.7 Å². The first-order chi connectivity index (χ1) is 9.16. The third kappa shape index (κ3) is 1.96. The van der Waals surface area contributed by atoms with Crippen molar-refractivity contribution >= 4 is 23.2 Å². The monoisotopic (exact) mass is 271 g/mol. The average Bonchev–Trinajstić information content (AvgIpc) is 2.78. The molecule has 0 atom stereocenters.